The van der Waals surface area contributed by atoms with E-state index in [9.17, 15) is 18.8 Å². The van der Waals surface area contributed by atoms with Gasteiger partial charge < -0.3 is 15.0 Å². The van der Waals surface area contributed by atoms with E-state index in [-0.39, 0.29) is 18.4 Å². The minimum absolute atomic E-state index is 0.0714. The Morgan fingerprint density at radius 3 is 2.50 bits per heavy atom. The van der Waals surface area contributed by atoms with Crippen molar-refractivity contribution in [3.05, 3.63) is 65.5 Å². The van der Waals surface area contributed by atoms with Gasteiger partial charge in [-0.25, -0.2) is 9.18 Å². The molecule has 2 aromatic carbocycles. The molecule has 2 heterocycles. The lowest BCUT2D eigenvalue weighted by Gasteiger charge is -2.28. The van der Waals surface area contributed by atoms with Gasteiger partial charge in [0.1, 0.15) is 5.82 Å². The van der Waals surface area contributed by atoms with E-state index in [0.29, 0.717) is 36.3 Å². The highest BCUT2D eigenvalue weighted by Gasteiger charge is 2.48. The topological polar surface area (TPSA) is 79.0 Å². The molecule has 168 valence electrons. The maximum atomic E-state index is 13.7. The van der Waals surface area contributed by atoms with Gasteiger partial charge in [-0.05, 0) is 48.2 Å². The van der Waals surface area contributed by atoms with Crippen LogP contribution in [0.1, 0.15) is 43.4 Å². The number of benzene rings is 2. The van der Waals surface area contributed by atoms with E-state index >= 15 is 0 Å². The van der Waals surface area contributed by atoms with E-state index in [2.05, 4.69) is 5.32 Å². The van der Waals surface area contributed by atoms with Crippen molar-refractivity contribution >= 4 is 23.6 Å². The van der Waals surface area contributed by atoms with Crippen LogP contribution >= 0.6 is 0 Å². The molecular weight excluding hydrogens is 413 g/mol. The van der Waals surface area contributed by atoms with Gasteiger partial charge in [0.05, 0.1) is 6.54 Å². The molecular formula is C24H26FN3O4. The molecule has 0 spiro atoms. The Labute approximate surface area is 186 Å². The van der Waals surface area contributed by atoms with Crippen LogP contribution < -0.4 is 5.32 Å². The van der Waals surface area contributed by atoms with E-state index in [4.69, 9.17) is 4.74 Å². The van der Waals surface area contributed by atoms with Crippen LogP contribution in [-0.4, -0.2) is 46.8 Å². The number of cyclic esters (lactones) is 1. The number of nitrogens with one attached hydrogen (secondary N) is 1. The lowest BCUT2D eigenvalue weighted by Crippen LogP contribution is -2.47. The Balaban J connectivity index is 1.62. The van der Waals surface area contributed by atoms with Crippen LogP contribution in [0, 0.1) is 5.82 Å². The molecule has 3 amide bonds. The zero-order valence-electron chi connectivity index (χ0n) is 17.9. The summed E-state index contributed by atoms with van der Waals surface area (Å²) in [6, 6.07) is 12.1. The minimum atomic E-state index is -0.847. The Bertz CT molecular complexity index is 1000. The second-order valence-corrected chi connectivity index (χ2v) is 8.06. The number of hydrogen-bond donors (Lipinski definition) is 1. The number of carbonyl (C=O) groups is 3. The van der Waals surface area contributed by atoms with Crippen LogP contribution in [0.3, 0.4) is 0 Å². The summed E-state index contributed by atoms with van der Waals surface area (Å²) in [5.41, 5.74) is 1.87. The number of carbonyl (C=O) groups excluding carboxylic acids is 3. The first-order chi connectivity index (χ1) is 15.5. The van der Waals surface area contributed by atoms with Gasteiger partial charge in [-0.15, -0.1) is 0 Å². The second kappa shape index (κ2) is 9.38. The van der Waals surface area contributed by atoms with E-state index in [1.165, 1.54) is 17.0 Å². The zero-order chi connectivity index (χ0) is 22.7. The number of halogens is 1. The minimum Gasteiger partial charge on any atom is -0.438 e. The number of rotatable bonds is 6. The van der Waals surface area contributed by atoms with Gasteiger partial charge in [0, 0.05) is 25.2 Å². The van der Waals surface area contributed by atoms with Crippen molar-refractivity contribution in [1.29, 1.82) is 0 Å². The van der Waals surface area contributed by atoms with Crippen LogP contribution in [0.15, 0.2) is 48.5 Å². The maximum Gasteiger partial charge on any atom is 0.411 e. The molecule has 32 heavy (non-hydrogen) atoms. The fourth-order valence-electron chi connectivity index (χ4n) is 4.16. The first kappa shape index (κ1) is 21.8. The van der Waals surface area contributed by atoms with Crippen molar-refractivity contribution in [3.8, 4) is 0 Å². The third-order valence-corrected chi connectivity index (χ3v) is 5.84. The third kappa shape index (κ3) is 4.59. The maximum absolute atomic E-state index is 13.7. The van der Waals surface area contributed by atoms with E-state index in [1.54, 1.807) is 48.2 Å². The third-order valence-electron chi connectivity index (χ3n) is 5.84. The predicted octanol–water partition coefficient (Wildman–Crippen LogP) is 3.86. The fourth-order valence-corrected chi connectivity index (χ4v) is 4.16. The average molecular weight is 439 g/mol. The number of hydrogen-bond acceptors (Lipinski definition) is 4. The Morgan fingerprint density at radius 2 is 1.84 bits per heavy atom. The quantitative estimate of drug-likeness (QED) is 0.741. The highest BCUT2D eigenvalue weighted by molar-refractivity contribution is 5.91. The monoisotopic (exact) mass is 439 g/mol. The Kier molecular flexibility index (Phi) is 6.39. The van der Waals surface area contributed by atoms with E-state index < -0.39 is 24.1 Å². The summed E-state index contributed by atoms with van der Waals surface area (Å²) >= 11 is 0. The van der Waals surface area contributed by atoms with Crippen molar-refractivity contribution in [2.45, 2.75) is 44.9 Å². The highest BCUT2D eigenvalue weighted by Crippen LogP contribution is 2.36. The predicted molar refractivity (Wildman–Crippen MR) is 116 cm³/mol. The molecule has 1 N–H and O–H groups in total. The van der Waals surface area contributed by atoms with Crippen LogP contribution in [0.4, 0.5) is 14.9 Å². The first-order valence-corrected chi connectivity index (χ1v) is 10.9. The van der Waals surface area contributed by atoms with Crippen LogP contribution in [0.25, 0.3) is 0 Å². The smallest absolute Gasteiger partial charge is 0.411 e. The lowest BCUT2D eigenvalue weighted by molar-refractivity contribution is -0.135. The molecule has 0 radical (unpaired) electrons. The van der Waals surface area contributed by atoms with Crippen molar-refractivity contribution in [2.75, 3.05) is 18.4 Å². The van der Waals surface area contributed by atoms with Gasteiger partial charge in [0.15, 0.2) is 12.1 Å². The van der Waals surface area contributed by atoms with Gasteiger partial charge in [0.25, 0.3) is 0 Å². The molecule has 8 heteroatoms. The molecule has 2 aliphatic rings. The number of anilines is 1. The molecule has 2 fully saturated rings. The molecule has 0 bridgehead atoms. The Morgan fingerprint density at radius 1 is 1.12 bits per heavy atom. The second-order valence-electron chi connectivity index (χ2n) is 8.06. The molecule has 2 atom stereocenters. The molecule has 7 nitrogen and oxygen atoms in total. The van der Waals surface area contributed by atoms with E-state index in [0.717, 1.165) is 12.8 Å². The summed E-state index contributed by atoms with van der Waals surface area (Å²) in [6.07, 6.45) is 0.810. The largest absolute Gasteiger partial charge is 0.438 e. The van der Waals surface area contributed by atoms with Gasteiger partial charge in [-0.3, -0.25) is 14.5 Å². The summed E-state index contributed by atoms with van der Waals surface area (Å²) in [7, 11) is 0. The number of amides is 3. The van der Waals surface area contributed by atoms with Crippen LogP contribution in [-0.2, 0) is 20.9 Å². The van der Waals surface area contributed by atoms with Gasteiger partial charge in [-0.1, -0.05) is 31.2 Å². The highest BCUT2D eigenvalue weighted by atomic mass is 19.1. The van der Waals surface area contributed by atoms with Crippen molar-refractivity contribution in [1.82, 2.24) is 9.80 Å². The number of likely N-dealkylation sites (tertiary alicyclic amines) is 1. The average Bonchev–Trinajstić information content (AvgIpc) is 3.43. The zero-order valence-corrected chi connectivity index (χ0v) is 17.9. The molecule has 0 aliphatic carbocycles. The molecule has 0 aromatic heterocycles. The fraction of sp³-hybridized carbons (Fsp3) is 0.375. The normalized spacial score (nSPS) is 20.4. The molecule has 2 aromatic rings. The number of ether oxygens (including phenoxy) is 1. The van der Waals surface area contributed by atoms with Crippen molar-refractivity contribution in [2.24, 2.45) is 0 Å². The van der Waals surface area contributed by atoms with Crippen molar-refractivity contribution in [3.63, 3.8) is 0 Å². The van der Waals surface area contributed by atoms with E-state index in [1.807, 2.05) is 0 Å². The summed E-state index contributed by atoms with van der Waals surface area (Å²) < 4.78 is 19.4. The number of nitrogens with zero attached hydrogens (tertiary/aromatic N) is 2. The van der Waals surface area contributed by atoms with Crippen LogP contribution in [0.2, 0.25) is 0 Å². The standard InChI is InChI=1S/C24H26FN3O4/c1-2-20(29)26-19-10-8-17(9-11-19)22-21(23(30)27-12-3-4-13-27)28(24(31)32-22)15-16-6-5-7-18(25)14-16/h5-11,14,21-22H,2-4,12-13,15H2,1H3,(H,26,29). The molecule has 0 saturated carbocycles. The molecule has 4 rings (SSSR count). The molecule has 2 saturated heterocycles. The van der Waals surface area contributed by atoms with Crippen molar-refractivity contribution < 1.29 is 23.5 Å². The van der Waals surface area contributed by atoms with Gasteiger partial charge >= 0.3 is 6.09 Å². The lowest BCUT2D eigenvalue weighted by atomic mass is 10.00. The first-order valence-electron chi connectivity index (χ1n) is 10.9. The summed E-state index contributed by atoms with van der Waals surface area (Å²) in [6.45, 7) is 3.13. The summed E-state index contributed by atoms with van der Waals surface area (Å²) in [5, 5.41) is 2.78. The van der Waals surface area contributed by atoms with Gasteiger partial charge in [0.2, 0.25) is 11.8 Å². The van der Waals surface area contributed by atoms with Gasteiger partial charge in [-0.2, -0.15) is 0 Å². The summed E-state index contributed by atoms with van der Waals surface area (Å²) in [5.74, 6) is -0.676. The molecule has 2 aliphatic heterocycles. The summed E-state index contributed by atoms with van der Waals surface area (Å²) in [4.78, 5) is 41.0. The SMILES string of the molecule is CCC(=O)Nc1ccc(C2OC(=O)N(Cc3cccc(F)c3)C2C(=O)N2CCCC2)cc1. The Hall–Kier alpha value is -3.42. The molecule has 2 unspecified atom stereocenters. The van der Waals surface area contributed by atoms with Crippen LogP contribution in [0.5, 0.6) is 0 Å².